The van der Waals surface area contributed by atoms with Crippen LogP contribution >= 0.6 is 0 Å². The van der Waals surface area contributed by atoms with Gasteiger partial charge in [-0.25, -0.2) is 0 Å². The van der Waals surface area contributed by atoms with Crippen molar-refractivity contribution in [2.24, 2.45) is 0 Å². The Kier molecular flexibility index (Phi) is 4.89. The number of carbonyl (C=O) groups is 2. The van der Waals surface area contributed by atoms with Gasteiger partial charge < -0.3 is 10.2 Å². The van der Waals surface area contributed by atoms with E-state index in [1.54, 1.807) is 0 Å². The number of nitrogens with one attached hydrogen (secondary N) is 1. The van der Waals surface area contributed by atoms with E-state index in [0.29, 0.717) is 5.69 Å². The number of carbonyl (C=O) groups excluding carboxylic acids is 2. The van der Waals surface area contributed by atoms with Crippen LogP contribution in [0.1, 0.15) is 26.3 Å². The van der Waals surface area contributed by atoms with Gasteiger partial charge >= 0.3 is 0 Å². The molecule has 1 aromatic rings. The van der Waals surface area contributed by atoms with Gasteiger partial charge in [0.2, 0.25) is 5.78 Å². The van der Waals surface area contributed by atoms with Crippen LogP contribution in [0.4, 0.5) is 11.4 Å². The molecule has 0 heterocycles. The van der Waals surface area contributed by atoms with Gasteiger partial charge in [0, 0.05) is 31.4 Å². The molecule has 0 saturated carbocycles. The lowest BCUT2D eigenvalue weighted by Crippen LogP contribution is -2.22. The smallest absolute Gasteiger partial charge is 0.291 e. The molecule has 0 aliphatic carbocycles. The van der Waals surface area contributed by atoms with Crippen molar-refractivity contribution in [1.82, 2.24) is 0 Å². The minimum atomic E-state index is -0.575. The Morgan fingerprint density at radius 2 is 1.83 bits per heavy atom. The molecule has 1 rings (SSSR count). The summed E-state index contributed by atoms with van der Waals surface area (Å²) < 4.78 is 0. The Morgan fingerprint density at radius 3 is 2.28 bits per heavy atom. The molecule has 0 spiro atoms. The van der Waals surface area contributed by atoms with Crippen LogP contribution < -0.4 is 10.2 Å². The molecular weight excluding hydrogens is 228 g/mol. The van der Waals surface area contributed by atoms with E-state index in [1.807, 2.05) is 25.1 Å². The van der Waals surface area contributed by atoms with E-state index in [1.165, 1.54) is 6.92 Å². The van der Waals surface area contributed by atoms with Crippen LogP contribution in [0.3, 0.4) is 0 Å². The van der Waals surface area contributed by atoms with Crippen molar-refractivity contribution in [1.29, 1.82) is 0 Å². The maximum Gasteiger partial charge on any atom is 0.291 e. The van der Waals surface area contributed by atoms with Gasteiger partial charge in [-0.2, -0.15) is 0 Å². The summed E-state index contributed by atoms with van der Waals surface area (Å²) in [5.41, 5.74) is 2.76. The van der Waals surface area contributed by atoms with Crippen molar-refractivity contribution < 1.29 is 9.59 Å². The van der Waals surface area contributed by atoms with Crippen LogP contribution in [0, 0.1) is 6.92 Å². The largest absolute Gasteiger partial charge is 0.372 e. The quantitative estimate of drug-likeness (QED) is 0.814. The lowest BCUT2D eigenvalue weighted by atomic mass is 10.1. The van der Waals surface area contributed by atoms with Crippen LogP contribution in [0.25, 0.3) is 0 Å². The molecule has 0 unspecified atom stereocenters. The zero-order valence-corrected chi connectivity index (χ0v) is 11.4. The molecule has 0 radical (unpaired) electrons. The molecule has 0 aliphatic heterocycles. The van der Waals surface area contributed by atoms with Crippen LogP contribution in [0.15, 0.2) is 18.2 Å². The first-order valence-electron chi connectivity index (χ1n) is 6.17. The summed E-state index contributed by atoms with van der Waals surface area (Å²) >= 11 is 0. The maximum absolute atomic E-state index is 11.3. The molecule has 0 aromatic heterocycles. The highest BCUT2D eigenvalue weighted by Gasteiger charge is 2.10. The number of Topliss-reactive ketones (excluding diaryl/α,β-unsaturated/α-hetero) is 1. The molecule has 1 N–H and O–H groups in total. The zero-order valence-electron chi connectivity index (χ0n) is 11.4. The summed E-state index contributed by atoms with van der Waals surface area (Å²) in [6, 6.07) is 5.81. The second-order valence-electron chi connectivity index (χ2n) is 4.18. The molecule has 0 bridgehead atoms. The van der Waals surface area contributed by atoms with E-state index >= 15 is 0 Å². The molecule has 0 atom stereocenters. The third-order valence-corrected chi connectivity index (χ3v) is 2.91. The number of amides is 1. The fourth-order valence-electron chi connectivity index (χ4n) is 1.78. The van der Waals surface area contributed by atoms with Crippen molar-refractivity contribution in [2.45, 2.75) is 27.7 Å². The molecule has 0 aliphatic rings. The highest BCUT2D eigenvalue weighted by molar-refractivity contribution is 6.39. The lowest BCUT2D eigenvalue weighted by molar-refractivity contribution is -0.133. The van der Waals surface area contributed by atoms with Crippen LogP contribution in [-0.4, -0.2) is 24.8 Å². The SMILES string of the molecule is CCN(CC)c1ccc(NC(=O)C(C)=O)c(C)c1. The first-order chi connectivity index (χ1) is 8.49. The van der Waals surface area contributed by atoms with E-state index in [2.05, 4.69) is 24.1 Å². The van der Waals surface area contributed by atoms with E-state index in [4.69, 9.17) is 0 Å². The summed E-state index contributed by atoms with van der Waals surface area (Å²) in [5, 5.41) is 2.60. The normalized spacial score (nSPS) is 10.0. The van der Waals surface area contributed by atoms with Gasteiger partial charge in [-0.3, -0.25) is 9.59 Å². The molecule has 1 amide bonds. The number of hydrogen-bond donors (Lipinski definition) is 1. The van der Waals surface area contributed by atoms with Crippen molar-refractivity contribution in [3.05, 3.63) is 23.8 Å². The molecule has 1 aromatic carbocycles. The van der Waals surface area contributed by atoms with E-state index in [-0.39, 0.29) is 0 Å². The molecule has 18 heavy (non-hydrogen) atoms. The average Bonchev–Trinajstić information content (AvgIpc) is 2.33. The third-order valence-electron chi connectivity index (χ3n) is 2.91. The maximum atomic E-state index is 11.3. The summed E-state index contributed by atoms with van der Waals surface area (Å²) in [4.78, 5) is 24.5. The number of aryl methyl sites for hydroxylation is 1. The van der Waals surface area contributed by atoms with E-state index in [0.717, 1.165) is 24.3 Å². The van der Waals surface area contributed by atoms with Gasteiger partial charge in [-0.05, 0) is 44.5 Å². The standard InChI is InChI=1S/C14H20N2O2/c1-5-16(6-2)12-7-8-13(10(3)9-12)15-14(18)11(4)17/h7-9H,5-6H2,1-4H3,(H,15,18). The highest BCUT2D eigenvalue weighted by Crippen LogP contribution is 2.22. The second-order valence-corrected chi connectivity index (χ2v) is 4.18. The van der Waals surface area contributed by atoms with E-state index < -0.39 is 11.7 Å². The van der Waals surface area contributed by atoms with Crippen LogP contribution in [-0.2, 0) is 9.59 Å². The van der Waals surface area contributed by atoms with Crippen LogP contribution in [0.2, 0.25) is 0 Å². The van der Waals surface area contributed by atoms with Gasteiger partial charge in [0.05, 0.1) is 0 Å². The molecule has 0 fully saturated rings. The first kappa shape index (κ1) is 14.2. The average molecular weight is 248 g/mol. The van der Waals surface area contributed by atoms with Crippen molar-refractivity contribution in [2.75, 3.05) is 23.3 Å². The number of ketones is 1. The van der Waals surface area contributed by atoms with Crippen molar-refractivity contribution in [3.8, 4) is 0 Å². The molecule has 98 valence electrons. The number of rotatable bonds is 5. The number of hydrogen-bond acceptors (Lipinski definition) is 3. The Labute approximate surface area is 108 Å². The Morgan fingerprint density at radius 1 is 1.22 bits per heavy atom. The predicted molar refractivity (Wildman–Crippen MR) is 74.1 cm³/mol. The van der Waals surface area contributed by atoms with Gasteiger partial charge in [-0.1, -0.05) is 0 Å². The van der Waals surface area contributed by atoms with Gasteiger partial charge in [0.25, 0.3) is 5.91 Å². The minimum absolute atomic E-state index is 0.484. The fourth-order valence-corrected chi connectivity index (χ4v) is 1.78. The fraction of sp³-hybridized carbons (Fsp3) is 0.429. The van der Waals surface area contributed by atoms with Crippen LogP contribution in [0.5, 0.6) is 0 Å². The number of benzene rings is 1. The summed E-state index contributed by atoms with van der Waals surface area (Å²) in [7, 11) is 0. The molecule has 4 heteroatoms. The topological polar surface area (TPSA) is 49.4 Å². The first-order valence-corrected chi connectivity index (χ1v) is 6.17. The summed E-state index contributed by atoms with van der Waals surface area (Å²) in [6.45, 7) is 9.26. The number of anilines is 2. The third kappa shape index (κ3) is 3.32. The number of nitrogens with zero attached hydrogens (tertiary/aromatic N) is 1. The molecule has 4 nitrogen and oxygen atoms in total. The monoisotopic (exact) mass is 248 g/mol. The molecule has 0 saturated heterocycles. The van der Waals surface area contributed by atoms with E-state index in [9.17, 15) is 9.59 Å². The minimum Gasteiger partial charge on any atom is -0.372 e. The van der Waals surface area contributed by atoms with Gasteiger partial charge in [0.15, 0.2) is 0 Å². The Bertz CT molecular complexity index is 451. The van der Waals surface area contributed by atoms with Gasteiger partial charge in [-0.15, -0.1) is 0 Å². The predicted octanol–water partition coefficient (Wildman–Crippen LogP) is 2.37. The highest BCUT2D eigenvalue weighted by atomic mass is 16.2. The van der Waals surface area contributed by atoms with Crippen molar-refractivity contribution >= 4 is 23.1 Å². The molecular formula is C14H20N2O2. The second kappa shape index (κ2) is 6.19. The summed E-state index contributed by atoms with van der Waals surface area (Å²) in [5.74, 6) is -1.06. The zero-order chi connectivity index (χ0) is 13.7. The van der Waals surface area contributed by atoms with Gasteiger partial charge in [0.1, 0.15) is 0 Å². The van der Waals surface area contributed by atoms with Crippen molar-refractivity contribution in [3.63, 3.8) is 0 Å². The lowest BCUT2D eigenvalue weighted by Gasteiger charge is -2.22. The Balaban J connectivity index is 2.92. The summed E-state index contributed by atoms with van der Waals surface area (Å²) in [6.07, 6.45) is 0. The Hall–Kier alpha value is -1.84.